The van der Waals surface area contributed by atoms with E-state index in [9.17, 15) is 9.59 Å². The van der Waals surface area contributed by atoms with Crippen molar-refractivity contribution in [3.63, 3.8) is 0 Å². The molecule has 1 N–H and O–H groups in total. The van der Waals surface area contributed by atoms with E-state index in [-0.39, 0.29) is 0 Å². The Labute approximate surface area is 142 Å². The molecule has 0 unspecified atom stereocenters. The quantitative estimate of drug-likeness (QED) is 0.557. The highest BCUT2D eigenvalue weighted by Gasteiger charge is 2.24. The highest BCUT2D eigenvalue weighted by Crippen LogP contribution is 2.25. The number of halogens is 1. The van der Waals surface area contributed by atoms with Crippen LogP contribution in [0.25, 0.3) is 10.9 Å². The number of aromatic nitrogens is 1. The van der Waals surface area contributed by atoms with Crippen LogP contribution >= 0.6 is 15.9 Å². The van der Waals surface area contributed by atoms with Gasteiger partial charge in [0.2, 0.25) is 0 Å². The van der Waals surface area contributed by atoms with Gasteiger partial charge < -0.3 is 9.88 Å². The molecule has 1 amide bonds. The molecular weight excluding hydrogens is 356 g/mol. The van der Waals surface area contributed by atoms with Crippen molar-refractivity contribution in [2.24, 2.45) is 7.05 Å². The normalized spacial score (nSPS) is 10.7. The Morgan fingerprint density at radius 2 is 1.83 bits per heavy atom. The first kappa shape index (κ1) is 15.5. The van der Waals surface area contributed by atoms with E-state index in [1.54, 1.807) is 18.2 Å². The average molecular weight is 371 g/mol. The largest absolute Gasteiger partial charge is 0.347 e. The molecule has 3 rings (SSSR count). The van der Waals surface area contributed by atoms with Crippen molar-refractivity contribution >= 4 is 44.2 Å². The predicted molar refractivity (Wildman–Crippen MR) is 94.8 cm³/mol. The molecule has 0 aliphatic carbocycles. The fourth-order valence-electron chi connectivity index (χ4n) is 2.68. The maximum absolute atomic E-state index is 12.6. The minimum Gasteiger partial charge on any atom is -0.347 e. The number of hydrogen-bond donors (Lipinski definition) is 1. The molecule has 2 aromatic carbocycles. The Morgan fingerprint density at radius 1 is 1.09 bits per heavy atom. The van der Waals surface area contributed by atoms with E-state index in [1.807, 2.05) is 48.9 Å². The zero-order chi connectivity index (χ0) is 16.6. The number of nitrogens with zero attached hydrogens (tertiary/aromatic N) is 1. The number of fused-ring (bicyclic) bond motifs is 1. The van der Waals surface area contributed by atoms with Gasteiger partial charge in [-0.3, -0.25) is 9.59 Å². The summed E-state index contributed by atoms with van der Waals surface area (Å²) in [4.78, 5) is 25.0. The van der Waals surface area contributed by atoms with Crippen LogP contribution < -0.4 is 5.32 Å². The van der Waals surface area contributed by atoms with Crippen LogP contribution in [0.3, 0.4) is 0 Å². The number of amides is 1. The van der Waals surface area contributed by atoms with Gasteiger partial charge in [0.25, 0.3) is 11.7 Å². The number of Topliss-reactive ketones (excluding diaryl/α,β-unsaturated/α-hetero) is 1. The lowest BCUT2D eigenvalue weighted by atomic mass is 10.1. The van der Waals surface area contributed by atoms with E-state index in [4.69, 9.17) is 0 Å². The number of para-hydroxylation sites is 1. The highest BCUT2D eigenvalue weighted by atomic mass is 79.9. The van der Waals surface area contributed by atoms with Crippen LogP contribution in [0, 0.1) is 6.92 Å². The van der Waals surface area contributed by atoms with Crippen LogP contribution in [0.4, 0.5) is 5.69 Å². The molecule has 0 saturated carbocycles. The second-order valence-corrected chi connectivity index (χ2v) is 6.25. The summed E-state index contributed by atoms with van der Waals surface area (Å²) < 4.78 is 2.76. The van der Waals surface area contributed by atoms with Crippen molar-refractivity contribution in [3.8, 4) is 0 Å². The Balaban J connectivity index is 1.97. The van der Waals surface area contributed by atoms with Crippen LogP contribution in [0.5, 0.6) is 0 Å². The molecule has 0 atom stereocenters. The molecule has 4 nitrogen and oxygen atoms in total. The number of rotatable bonds is 3. The molecular formula is C18H15BrN2O2. The van der Waals surface area contributed by atoms with Crippen molar-refractivity contribution in [2.45, 2.75) is 6.92 Å². The van der Waals surface area contributed by atoms with Gasteiger partial charge in [-0.25, -0.2) is 0 Å². The Kier molecular flexibility index (Phi) is 4.05. The lowest BCUT2D eigenvalue weighted by Gasteiger charge is -2.05. The Hall–Kier alpha value is -2.40. The third-order valence-corrected chi connectivity index (χ3v) is 4.41. The molecule has 0 fully saturated rings. The highest BCUT2D eigenvalue weighted by molar-refractivity contribution is 9.10. The summed E-state index contributed by atoms with van der Waals surface area (Å²) in [6.45, 7) is 1.85. The second-order valence-electron chi connectivity index (χ2n) is 5.33. The van der Waals surface area contributed by atoms with Gasteiger partial charge in [0.15, 0.2) is 0 Å². The van der Waals surface area contributed by atoms with E-state index in [2.05, 4.69) is 21.2 Å². The van der Waals surface area contributed by atoms with Crippen LogP contribution in [0.1, 0.15) is 16.1 Å². The predicted octanol–water partition coefficient (Wildman–Crippen LogP) is 4.07. The number of nitrogens with one attached hydrogen (secondary N) is 1. The van der Waals surface area contributed by atoms with E-state index >= 15 is 0 Å². The molecule has 116 valence electrons. The average Bonchev–Trinajstić information content (AvgIpc) is 2.79. The van der Waals surface area contributed by atoms with Crippen LogP contribution in [0.2, 0.25) is 0 Å². The van der Waals surface area contributed by atoms with Crippen molar-refractivity contribution < 1.29 is 9.59 Å². The molecule has 0 bridgehead atoms. The van der Waals surface area contributed by atoms with Gasteiger partial charge >= 0.3 is 0 Å². The molecule has 23 heavy (non-hydrogen) atoms. The molecule has 1 heterocycles. The van der Waals surface area contributed by atoms with Gasteiger partial charge in [-0.15, -0.1) is 0 Å². The monoisotopic (exact) mass is 370 g/mol. The van der Waals surface area contributed by atoms with Gasteiger partial charge in [0.05, 0.1) is 5.56 Å². The lowest BCUT2D eigenvalue weighted by molar-refractivity contribution is -0.112. The van der Waals surface area contributed by atoms with Crippen LogP contribution in [0.15, 0.2) is 53.0 Å². The summed E-state index contributed by atoms with van der Waals surface area (Å²) in [6.07, 6.45) is 0. The number of carbonyl (C=O) groups excluding carboxylic acids is 2. The minimum absolute atomic E-state index is 0.454. The third-order valence-electron chi connectivity index (χ3n) is 3.92. The minimum atomic E-state index is -0.637. The standard InChI is InChI=1S/C18H15BrN2O2/c1-11-16(14-8-3-4-9-15(14)21(11)2)17(22)18(23)20-13-7-5-6-12(19)10-13/h3-10H,1-2H3,(H,20,23). The number of hydrogen-bond acceptors (Lipinski definition) is 2. The summed E-state index contributed by atoms with van der Waals surface area (Å²) in [5, 5.41) is 3.45. The Morgan fingerprint density at radius 3 is 2.57 bits per heavy atom. The van der Waals surface area contributed by atoms with Gasteiger partial charge in [-0.2, -0.15) is 0 Å². The molecule has 0 spiro atoms. The molecule has 5 heteroatoms. The number of anilines is 1. The first-order valence-corrected chi connectivity index (χ1v) is 7.93. The zero-order valence-corrected chi connectivity index (χ0v) is 14.3. The number of benzene rings is 2. The maximum Gasteiger partial charge on any atom is 0.296 e. The first-order valence-electron chi connectivity index (χ1n) is 7.14. The number of aryl methyl sites for hydroxylation is 1. The zero-order valence-electron chi connectivity index (χ0n) is 12.8. The number of carbonyl (C=O) groups is 2. The maximum atomic E-state index is 12.6. The fourth-order valence-corrected chi connectivity index (χ4v) is 3.07. The van der Waals surface area contributed by atoms with Gasteiger partial charge in [0, 0.05) is 33.8 Å². The van der Waals surface area contributed by atoms with E-state index < -0.39 is 11.7 Å². The molecule has 0 saturated heterocycles. The summed E-state index contributed by atoms with van der Waals surface area (Å²) in [5.41, 5.74) is 2.75. The van der Waals surface area contributed by atoms with E-state index in [0.717, 1.165) is 21.1 Å². The summed E-state index contributed by atoms with van der Waals surface area (Å²) in [7, 11) is 1.89. The van der Waals surface area contributed by atoms with Crippen molar-refractivity contribution in [1.29, 1.82) is 0 Å². The molecule has 1 aromatic heterocycles. The third kappa shape index (κ3) is 2.80. The smallest absolute Gasteiger partial charge is 0.296 e. The topological polar surface area (TPSA) is 51.1 Å². The fraction of sp³-hybridized carbons (Fsp3) is 0.111. The molecule has 0 aliphatic heterocycles. The van der Waals surface area contributed by atoms with Gasteiger partial charge in [-0.1, -0.05) is 40.2 Å². The number of ketones is 1. The van der Waals surface area contributed by atoms with Crippen LogP contribution in [-0.4, -0.2) is 16.3 Å². The van der Waals surface area contributed by atoms with Gasteiger partial charge in [0.1, 0.15) is 0 Å². The SMILES string of the molecule is Cc1c(C(=O)C(=O)Nc2cccc(Br)c2)c2ccccc2n1C. The van der Waals surface area contributed by atoms with Crippen LogP contribution in [-0.2, 0) is 11.8 Å². The van der Waals surface area contributed by atoms with Crippen molar-refractivity contribution in [1.82, 2.24) is 4.57 Å². The molecule has 0 aliphatic rings. The van der Waals surface area contributed by atoms with Crippen molar-refractivity contribution in [2.75, 3.05) is 5.32 Å². The molecule has 3 aromatic rings. The van der Waals surface area contributed by atoms with E-state index in [1.165, 1.54) is 0 Å². The lowest BCUT2D eigenvalue weighted by Crippen LogP contribution is -2.23. The summed E-state index contributed by atoms with van der Waals surface area (Å²) >= 11 is 3.34. The van der Waals surface area contributed by atoms with E-state index in [0.29, 0.717) is 11.3 Å². The molecule has 0 radical (unpaired) electrons. The first-order chi connectivity index (χ1) is 11.0. The summed E-state index contributed by atoms with van der Waals surface area (Å²) in [6, 6.07) is 14.7. The second kappa shape index (κ2) is 6.01. The van der Waals surface area contributed by atoms with Gasteiger partial charge in [-0.05, 0) is 31.2 Å². The van der Waals surface area contributed by atoms with Crippen molar-refractivity contribution in [3.05, 3.63) is 64.3 Å². The summed E-state index contributed by atoms with van der Waals surface area (Å²) in [5.74, 6) is -1.16. The Bertz CT molecular complexity index is 928.